The van der Waals surface area contributed by atoms with Crippen molar-refractivity contribution in [3.63, 3.8) is 0 Å². The molecule has 0 N–H and O–H groups in total. The minimum Gasteiger partial charge on any atom is -0.497 e. The minimum atomic E-state index is -0.0254. The molecule has 4 aromatic rings. The van der Waals surface area contributed by atoms with Crippen molar-refractivity contribution in [2.75, 3.05) is 7.11 Å². The number of ketones is 1. The van der Waals surface area contributed by atoms with Gasteiger partial charge in [0.25, 0.3) is 0 Å². The van der Waals surface area contributed by atoms with Gasteiger partial charge in [-0.1, -0.05) is 48.5 Å². The maximum Gasteiger partial charge on any atom is 0.185 e. The zero-order chi connectivity index (χ0) is 19.3. The summed E-state index contributed by atoms with van der Waals surface area (Å²) in [6, 6.07) is 25.8. The highest BCUT2D eigenvalue weighted by Gasteiger charge is 2.08. The number of allylic oxidation sites excluding steroid dienone is 1. The molecule has 28 heavy (non-hydrogen) atoms. The van der Waals surface area contributed by atoms with Crippen molar-refractivity contribution in [1.82, 2.24) is 4.57 Å². The van der Waals surface area contributed by atoms with Gasteiger partial charge in [0.1, 0.15) is 5.75 Å². The molecule has 0 aliphatic rings. The van der Waals surface area contributed by atoms with E-state index in [9.17, 15) is 4.79 Å². The molecular weight excluding hydrogens is 346 g/mol. The van der Waals surface area contributed by atoms with Crippen LogP contribution in [0.1, 0.15) is 21.5 Å². The molecule has 0 spiro atoms. The molecule has 0 fully saturated rings. The lowest BCUT2D eigenvalue weighted by Gasteiger charge is -2.05. The molecule has 4 rings (SSSR count). The van der Waals surface area contributed by atoms with Gasteiger partial charge in [0.05, 0.1) is 7.11 Å². The van der Waals surface area contributed by atoms with Gasteiger partial charge in [-0.3, -0.25) is 4.79 Å². The van der Waals surface area contributed by atoms with Crippen molar-refractivity contribution in [1.29, 1.82) is 0 Å². The Labute approximate surface area is 164 Å². The largest absolute Gasteiger partial charge is 0.497 e. The number of carbonyl (C=O) groups excluding carboxylic acids is 1. The van der Waals surface area contributed by atoms with Crippen molar-refractivity contribution in [3.8, 4) is 5.75 Å². The second kappa shape index (κ2) is 7.97. The Balaban J connectivity index is 1.63. The van der Waals surface area contributed by atoms with Crippen LogP contribution >= 0.6 is 0 Å². The number of nitrogens with zero attached hydrogens (tertiary/aromatic N) is 1. The van der Waals surface area contributed by atoms with Crippen molar-refractivity contribution >= 4 is 22.8 Å². The van der Waals surface area contributed by atoms with Crippen LogP contribution < -0.4 is 4.74 Å². The summed E-state index contributed by atoms with van der Waals surface area (Å²) in [6.07, 6.45) is 5.64. The van der Waals surface area contributed by atoms with Crippen molar-refractivity contribution in [2.24, 2.45) is 0 Å². The number of hydrogen-bond donors (Lipinski definition) is 0. The summed E-state index contributed by atoms with van der Waals surface area (Å²) in [6.45, 7) is 0.793. The van der Waals surface area contributed by atoms with Crippen LogP contribution in [0.15, 0.2) is 91.1 Å². The Morgan fingerprint density at radius 3 is 2.39 bits per heavy atom. The molecule has 0 saturated carbocycles. The third kappa shape index (κ3) is 3.74. The molecule has 3 nitrogen and oxygen atoms in total. The predicted molar refractivity (Wildman–Crippen MR) is 114 cm³/mol. The fourth-order valence-electron chi connectivity index (χ4n) is 3.34. The van der Waals surface area contributed by atoms with Gasteiger partial charge in [-0.05, 0) is 48.0 Å². The lowest BCUT2D eigenvalue weighted by molar-refractivity contribution is 0.104. The molecule has 3 heteroatoms. The number of benzene rings is 3. The van der Waals surface area contributed by atoms with Gasteiger partial charge in [0.2, 0.25) is 0 Å². The number of rotatable bonds is 6. The normalized spacial score (nSPS) is 11.2. The molecule has 0 aliphatic heterocycles. The smallest absolute Gasteiger partial charge is 0.185 e. The van der Waals surface area contributed by atoms with Gasteiger partial charge in [0.15, 0.2) is 5.78 Å². The van der Waals surface area contributed by atoms with E-state index in [0.29, 0.717) is 5.56 Å². The molecule has 0 saturated heterocycles. The predicted octanol–water partition coefficient (Wildman–Crippen LogP) is 5.59. The fraction of sp³-hybridized carbons (Fsp3) is 0.0800. The summed E-state index contributed by atoms with van der Waals surface area (Å²) >= 11 is 0. The Morgan fingerprint density at radius 2 is 1.64 bits per heavy atom. The van der Waals surface area contributed by atoms with Gasteiger partial charge < -0.3 is 9.30 Å². The fourth-order valence-corrected chi connectivity index (χ4v) is 3.34. The van der Waals surface area contributed by atoms with E-state index in [0.717, 1.165) is 28.8 Å². The first kappa shape index (κ1) is 17.8. The van der Waals surface area contributed by atoms with Crippen LogP contribution in [0.25, 0.3) is 17.0 Å². The molecule has 0 bridgehead atoms. The zero-order valence-electron chi connectivity index (χ0n) is 15.7. The standard InChI is InChI=1S/C25H21NO2/c1-28-22-14-11-20(12-15-22)25(27)16-13-21-18-26(17-19-7-3-2-4-8-19)24-10-6-5-9-23(21)24/h2-16,18H,17H2,1H3/b16-13+. The first-order chi connectivity index (χ1) is 13.7. The summed E-state index contributed by atoms with van der Waals surface area (Å²) in [5.41, 5.74) is 4.08. The quantitative estimate of drug-likeness (QED) is 0.328. The van der Waals surface area contributed by atoms with Crippen molar-refractivity contribution in [2.45, 2.75) is 6.54 Å². The number of hydrogen-bond acceptors (Lipinski definition) is 2. The number of aromatic nitrogens is 1. The molecule has 0 unspecified atom stereocenters. The lowest BCUT2D eigenvalue weighted by atomic mass is 10.1. The highest BCUT2D eigenvalue weighted by atomic mass is 16.5. The van der Waals surface area contributed by atoms with Crippen molar-refractivity contribution < 1.29 is 9.53 Å². The number of methoxy groups -OCH3 is 1. The number of carbonyl (C=O) groups is 1. The highest BCUT2D eigenvalue weighted by Crippen LogP contribution is 2.24. The van der Waals surface area contributed by atoms with Gasteiger partial charge in [-0.15, -0.1) is 0 Å². The van der Waals surface area contributed by atoms with Crippen LogP contribution in [0.2, 0.25) is 0 Å². The molecule has 138 valence electrons. The van der Waals surface area contributed by atoms with Crippen LogP contribution in [-0.4, -0.2) is 17.5 Å². The maximum absolute atomic E-state index is 12.5. The van der Waals surface area contributed by atoms with Gasteiger partial charge in [-0.2, -0.15) is 0 Å². The SMILES string of the molecule is COc1ccc(C(=O)/C=C/c2cn(Cc3ccccc3)c3ccccc23)cc1. The molecule has 1 aromatic heterocycles. The van der Waals surface area contributed by atoms with E-state index in [1.807, 2.05) is 24.3 Å². The number of para-hydroxylation sites is 1. The lowest BCUT2D eigenvalue weighted by Crippen LogP contribution is -1.97. The summed E-state index contributed by atoms with van der Waals surface area (Å²) < 4.78 is 7.37. The average Bonchev–Trinajstić information content (AvgIpc) is 3.10. The third-order valence-electron chi connectivity index (χ3n) is 4.80. The second-order valence-electron chi connectivity index (χ2n) is 6.64. The van der Waals surface area contributed by atoms with E-state index in [4.69, 9.17) is 4.74 Å². The summed E-state index contributed by atoms with van der Waals surface area (Å²) in [4.78, 5) is 12.5. The van der Waals surface area contributed by atoms with Crippen molar-refractivity contribution in [3.05, 3.63) is 108 Å². The monoisotopic (exact) mass is 367 g/mol. The Kier molecular flexibility index (Phi) is 5.07. The van der Waals surface area contributed by atoms with Crippen LogP contribution in [0.5, 0.6) is 5.75 Å². The van der Waals surface area contributed by atoms with E-state index >= 15 is 0 Å². The molecule has 0 amide bonds. The van der Waals surface area contributed by atoms with Crippen LogP contribution in [0.4, 0.5) is 0 Å². The Bertz CT molecular complexity index is 1120. The third-order valence-corrected chi connectivity index (χ3v) is 4.80. The first-order valence-corrected chi connectivity index (χ1v) is 9.23. The molecule has 3 aromatic carbocycles. The second-order valence-corrected chi connectivity index (χ2v) is 6.64. The van der Waals surface area contributed by atoms with Gasteiger partial charge >= 0.3 is 0 Å². The maximum atomic E-state index is 12.5. The number of fused-ring (bicyclic) bond motifs is 1. The topological polar surface area (TPSA) is 31.2 Å². The molecular formula is C25H21NO2. The Morgan fingerprint density at radius 1 is 0.929 bits per heavy atom. The first-order valence-electron chi connectivity index (χ1n) is 9.23. The van der Waals surface area contributed by atoms with Gasteiger partial charge in [-0.25, -0.2) is 0 Å². The molecule has 1 heterocycles. The summed E-state index contributed by atoms with van der Waals surface area (Å²) in [5.74, 6) is 0.715. The molecule has 0 aliphatic carbocycles. The Hall–Kier alpha value is -3.59. The minimum absolute atomic E-state index is 0.0254. The average molecular weight is 367 g/mol. The zero-order valence-corrected chi connectivity index (χ0v) is 15.7. The molecule has 0 atom stereocenters. The van der Waals surface area contributed by atoms with E-state index in [1.54, 1.807) is 37.5 Å². The number of ether oxygens (including phenoxy) is 1. The van der Waals surface area contributed by atoms with E-state index in [-0.39, 0.29) is 5.78 Å². The van der Waals surface area contributed by atoms with E-state index < -0.39 is 0 Å². The van der Waals surface area contributed by atoms with Crippen LogP contribution in [0, 0.1) is 0 Å². The van der Waals surface area contributed by atoms with Crippen LogP contribution in [0.3, 0.4) is 0 Å². The summed E-state index contributed by atoms with van der Waals surface area (Å²) in [7, 11) is 1.61. The van der Waals surface area contributed by atoms with Gasteiger partial charge in [0, 0.05) is 34.8 Å². The molecule has 0 radical (unpaired) electrons. The van der Waals surface area contributed by atoms with E-state index in [1.165, 1.54) is 5.56 Å². The summed E-state index contributed by atoms with van der Waals surface area (Å²) in [5, 5.41) is 1.14. The van der Waals surface area contributed by atoms with E-state index in [2.05, 4.69) is 47.2 Å². The van der Waals surface area contributed by atoms with Crippen LogP contribution in [-0.2, 0) is 6.54 Å². The highest BCUT2D eigenvalue weighted by molar-refractivity contribution is 6.07.